The highest BCUT2D eigenvalue weighted by molar-refractivity contribution is 5.95. The first kappa shape index (κ1) is 12.0. The van der Waals surface area contributed by atoms with Gasteiger partial charge in [0.25, 0.3) is 0 Å². The van der Waals surface area contributed by atoms with E-state index in [1.165, 1.54) is 12.8 Å². The van der Waals surface area contributed by atoms with Crippen molar-refractivity contribution in [2.24, 2.45) is 0 Å². The summed E-state index contributed by atoms with van der Waals surface area (Å²) in [7, 11) is 0. The topological polar surface area (TPSA) is 61.4 Å². The Balaban J connectivity index is 2.24. The number of nitrogens with zero attached hydrogens (tertiary/aromatic N) is 1. The summed E-state index contributed by atoms with van der Waals surface area (Å²) in [4.78, 5) is 24.6. The Bertz CT molecular complexity index is 239. The van der Waals surface area contributed by atoms with Crippen molar-refractivity contribution in [1.29, 1.82) is 0 Å². The second-order valence-corrected chi connectivity index (χ2v) is 3.70. The van der Waals surface area contributed by atoms with Crippen LogP contribution >= 0.6 is 0 Å². The largest absolute Gasteiger partial charge is 0.338 e. The normalized spacial score (nSPS) is 15.1. The van der Waals surface area contributed by atoms with Crippen LogP contribution in [0.25, 0.3) is 0 Å². The first-order valence-electron chi connectivity index (χ1n) is 5.49. The summed E-state index contributed by atoms with van der Waals surface area (Å²) in [6, 6.07) is 0.143. The molecule has 5 heteroatoms. The van der Waals surface area contributed by atoms with Crippen molar-refractivity contribution < 1.29 is 9.59 Å². The Hall–Kier alpha value is -1.10. The number of rotatable bonds is 5. The molecule has 1 saturated carbocycles. The summed E-state index contributed by atoms with van der Waals surface area (Å²) in [6.45, 7) is 5.54. The maximum atomic E-state index is 11.4. The van der Waals surface area contributed by atoms with E-state index in [0.29, 0.717) is 19.1 Å². The van der Waals surface area contributed by atoms with Crippen molar-refractivity contribution in [3.63, 3.8) is 0 Å². The fraction of sp³-hybridized carbons (Fsp3) is 0.800. The number of amides is 3. The fourth-order valence-corrected chi connectivity index (χ4v) is 1.49. The minimum Gasteiger partial charge on any atom is -0.338 e. The average molecular weight is 213 g/mol. The smallest absolute Gasteiger partial charge is 0.321 e. The third-order valence-corrected chi connectivity index (χ3v) is 2.41. The van der Waals surface area contributed by atoms with Gasteiger partial charge in [0.2, 0.25) is 5.91 Å². The summed E-state index contributed by atoms with van der Waals surface area (Å²) < 4.78 is 0. The molecule has 0 aromatic carbocycles. The van der Waals surface area contributed by atoms with Crippen molar-refractivity contribution in [2.75, 3.05) is 19.6 Å². The number of likely N-dealkylation sites (N-methyl/N-ethyl adjacent to an activating group) is 1. The molecule has 0 aromatic rings. The average Bonchev–Trinajstić information content (AvgIpc) is 2.97. The van der Waals surface area contributed by atoms with Crippen LogP contribution in [0.15, 0.2) is 0 Å². The van der Waals surface area contributed by atoms with E-state index in [1.807, 2.05) is 13.8 Å². The maximum Gasteiger partial charge on any atom is 0.321 e. The molecule has 0 spiro atoms. The predicted octanol–water partition coefficient (Wildman–Crippen LogP) is 0.316. The van der Waals surface area contributed by atoms with Crippen LogP contribution in [0.4, 0.5) is 4.79 Å². The minimum atomic E-state index is -0.408. The molecule has 0 atom stereocenters. The van der Waals surface area contributed by atoms with E-state index >= 15 is 0 Å². The Labute approximate surface area is 90.2 Å². The quantitative estimate of drug-likeness (QED) is 0.691. The highest BCUT2D eigenvalue weighted by Gasteiger charge is 2.29. The van der Waals surface area contributed by atoms with Crippen molar-refractivity contribution in [1.82, 2.24) is 15.5 Å². The number of carbonyl (C=O) groups excluding carboxylic acids is 2. The molecule has 0 aromatic heterocycles. The van der Waals surface area contributed by atoms with E-state index in [9.17, 15) is 9.59 Å². The second kappa shape index (κ2) is 5.70. The van der Waals surface area contributed by atoms with E-state index < -0.39 is 6.03 Å². The van der Waals surface area contributed by atoms with Gasteiger partial charge in [-0.15, -0.1) is 0 Å². The molecular weight excluding hydrogens is 194 g/mol. The van der Waals surface area contributed by atoms with Crippen LogP contribution in [0.2, 0.25) is 0 Å². The third-order valence-electron chi connectivity index (χ3n) is 2.41. The van der Waals surface area contributed by atoms with Crippen LogP contribution in [0, 0.1) is 0 Å². The molecule has 0 aliphatic heterocycles. The van der Waals surface area contributed by atoms with Gasteiger partial charge in [-0.1, -0.05) is 6.92 Å². The summed E-state index contributed by atoms with van der Waals surface area (Å²) in [6.07, 6.45) is 2.34. The molecule has 86 valence electrons. The Morgan fingerprint density at radius 2 is 2.00 bits per heavy atom. The molecule has 15 heavy (non-hydrogen) atoms. The molecule has 0 heterocycles. The van der Waals surface area contributed by atoms with Gasteiger partial charge in [0.15, 0.2) is 0 Å². The number of urea groups is 1. The highest BCUT2D eigenvalue weighted by atomic mass is 16.2. The molecule has 3 amide bonds. The number of nitrogens with one attached hydrogen (secondary N) is 2. The molecule has 0 unspecified atom stereocenters. The van der Waals surface area contributed by atoms with Crippen LogP contribution < -0.4 is 10.6 Å². The van der Waals surface area contributed by atoms with E-state index in [-0.39, 0.29) is 5.91 Å². The van der Waals surface area contributed by atoms with Crippen molar-refractivity contribution in [2.45, 2.75) is 32.7 Å². The van der Waals surface area contributed by atoms with Crippen LogP contribution in [0.5, 0.6) is 0 Å². The molecule has 1 aliphatic carbocycles. The summed E-state index contributed by atoms with van der Waals surface area (Å²) >= 11 is 0. The lowest BCUT2D eigenvalue weighted by Crippen LogP contribution is -2.44. The molecular formula is C10H19N3O2. The monoisotopic (exact) mass is 213 g/mol. The van der Waals surface area contributed by atoms with Gasteiger partial charge in [-0.05, 0) is 26.3 Å². The molecule has 0 saturated heterocycles. The van der Waals surface area contributed by atoms with Crippen molar-refractivity contribution >= 4 is 11.9 Å². The zero-order valence-electron chi connectivity index (χ0n) is 9.38. The van der Waals surface area contributed by atoms with Gasteiger partial charge in [-0.2, -0.15) is 0 Å². The van der Waals surface area contributed by atoms with Crippen LogP contribution in [-0.4, -0.2) is 42.5 Å². The molecule has 0 bridgehead atoms. The first-order valence-corrected chi connectivity index (χ1v) is 5.49. The SMILES string of the molecule is CCNC(=O)NC(=O)CN(CC)C1CC1. The number of hydrogen-bond acceptors (Lipinski definition) is 3. The summed E-state index contributed by atoms with van der Waals surface area (Å²) in [5.74, 6) is -0.227. The van der Waals surface area contributed by atoms with Crippen molar-refractivity contribution in [3.05, 3.63) is 0 Å². The van der Waals surface area contributed by atoms with Gasteiger partial charge in [0, 0.05) is 12.6 Å². The summed E-state index contributed by atoms with van der Waals surface area (Å²) in [5, 5.41) is 4.82. The summed E-state index contributed by atoms with van der Waals surface area (Å²) in [5.41, 5.74) is 0. The van der Waals surface area contributed by atoms with Crippen molar-refractivity contribution in [3.8, 4) is 0 Å². The van der Waals surface area contributed by atoms with Gasteiger partial charge in [-0.25, -0.2) is 4.79 Å². The molecule has 0 radical (unpaired) electrons. The predicted molar refractivity (Wildman–Crippen MR) is 57.5 cm³/mol. The molecule has 5 nitrogen and oxygen atoms in total. The highest BCUT2D eigenvalue weighted by Crippen LogP contribution is 2.25. The fourth-order valence-electron chi connectivity index (χ4n) is 1.49. The number of imide groups is 1. The van der Waals surface area contributed by atoms with E-state index in [2.05, 4.69) is 15.5 Å². The first-order chi connectivity index (χ1) is 7.17. The van der Waals surface area contributed by atoms with Crippen LogP contribution in [0.3, 0.4) is 0 Å². The maximum absolute atomic E-state index is 11.4. The lowest BCUT2D eigenvalue weighted by Gasteiger charge is -2.18. The van der Waals surface area contributed by atoms with Gasteiger partial charge < -0.3 is 5.32 Å². The lowest BCUT2D eigenvalue weighted by molar-refractivity contribution is -0.121. The lowest BCUT2D eigenvalue weighted by atomic mass is 10.4. The molecule has 2 N–H and O–H groups in total. The zero-order chi connectivity index (χ0) is 11.3. The number of hydrogen-bond donors (Lipinski definition) is 2. The van der Waals surface area contributed by atoms with E-state index in [4.69, 9.17) is 0 Å². The van der Waals surface area contributed by atoms with Gasteiger partial charge in [0.1, 0.15) is 0 Å². The molecule has 1 fully saturated rings. The Kier molecular flexibility index (Phi) is 4.55. The Morgan fingerprint density at radius 1 is 1.33 bits per heavy atom. The van der Waals surface area contributed by atoms with E-state index in [1.54, 1.807) is 0 Å². The molecule has 1 aliphatic rings. The number of carbonyl (C=O) groups is 2. The van der Waals surface area contributed by atoms with E-state index in [0.717, 1.165) is 6.54 Å². The van der Waals surface area contributed by atoms with Gasteiger partial charge >= 0.3 is 6.03 Å². The standard InChI is InChI=1S/C10H19N3O2/c1-3-11-10(15)12-9(14)7-13(4-2)8-5-6-8/h8H,3-7H2,1-2H3,(H2,11,12,14,15). The zero-order valence-corrected chi connectivity index (χ0v) is 9.38. The Morgan fingerprint density at radius 3 is 2.47 bits per heavy atom. The van der Waals surface area contributed by atoms with Crippen LogP contribution in [0.1, 0.15) is 26.7 Å². The van der Waals surface area contributed by atoms with Gasteiger partial charge in [0.05, 0.1) is 6.54 Å². The molecule has 1 rings (SSSR count). The third kappa shape index (κ3) is 4.29. The van der Waals surface area contributed by atoms with Gasteiger partial charge in [-0.3, -0.25) is 15.0 Å². The second-order valence-electron chi connectivity index (χ2n) is 3.70. The minimum absolute atomic E-state index is 0.227. The van der Waals surface area contributed by atoms with Crippen LogP contribution in [-0.2, 0) is 4.79 Å².